The van der Waals surface area contributed by atoms with E-state index in [1.54, 1.807) is 0 Å². The molecule has 21 heavy (non-hydrogen) atoms. The quantitative estimate of drug-likeness (QED) is 0.573. The van der Waals surface area contributed by atoms with Crippen LogP contribution in [-0.2, 0) is 11.2 Å². The van der Waals surface area contributed by atoms with Gasteiger partial charge in [-0.2, -0.15) is 0 Å². The Labute approximate surface area is 122 Å². The van der Waals surface area contributed by atoms with Crippen LogP contribution in [0.25, 0.3) is 0 Å². The van der Waals surface area contributed by atoms with Crippen LogP contribution in [0.1, 0.15) is 22.3 Å². The fourth-order valence-electron chi connectivity index (χ4n) is 1.98. The van der Waals surface area contributed by atoms with E-state index in [-0.39, 0.29) is 12.2 Å². The highest BCUT2D eigenvalue weighted by Gasteiger charge is 2.12. The minimum absolute atomic E-state index is 0.139. The van der Waals surface area contributed by atoms with Gasteiger partial charge in [-0.3, -0.25) is 4.79 Å². The van der Waals surface area contributed by atoms with Crippen molar-refractivity contribution in [3.05, 3.63) is 71.3 Å². The van der Waals surface area contributed by atoms with Gasteiger partial charge in [0, 0.05) is 12.7 Å². The Balaban J connectivity index is 1.72. The Morgan fingerprint density at radius 3 is 2.52 bits per heavy atom. The van der Waals surface area contributed by atoms with E-state index in [4.69, 9.17) is 4.74 Å². The van der Waals surface area contributed by atoms with E-state index in [9.17, 15) is 13.6 Å². The lowest BCUT2D eigenvalue weighted by Gasteiger charge is -2.05. The third-order valence-electron chi connectivity index (χ3n) is 3.06. The van der Waals surface area contributed by atoms with Crippen molar-refractivity contribution in [2.75, 3.05) is 13.2 Å². The van der Waals surface area contributed by atoms with Crippen LogP contribution < -0.4 is 0 Å². The molecule has 0 heterocycles. The lowest BCUT2D eigenvalue weighted by Crippen LogP contribution is -2.12. The Morgan fingerprint density at radius 1 is 1.05 bits per heavy atom. The molecule has 110 valence electrons. The average Bonchev–Trinajstić information content (AvgIpc) is 2.47. The van der Waals surface area contributed by atoms with E-state index in [1.165, 1.54) is 5.56 Å². The monoisotopic (exact) mass is 290 g/mol. The molecular weight excluding hydrogens is 274 g/mol. The van der Waals surface area contributed by atoms with Crippen LogP contribution >= 0.6 is 0 Å². The molecule has 0 radical (unpaired) electrons. The average molecular weight is 290 g/mol. The van der Waals surface area contributed by atoms with Gasteiger partial charge in [0.15, 0.2) is 5.78 Å². The molecule has 0 fully saturated rings. The molecule has 2 aromatic rings. The van der Waals surface area contributed by atoms with Crippen LogP contribution in [0.4, 0.5) is 8.78 Å². The van der Waals surface area contributed by atoms with E-state index in [2.05, 4.69) is 0 Å². The first-order valence-electron chi connectivity index (χ1n) is 6.77. The van der Waals surface area contributed by atoms with Gasteiger partial charge >= 0.3 is 0 Å². The van der Waals surface area contributed by atoms with E-state index < -0.39 is 17.4 Å². The minimum atomic E-state index is -0.854. The van der Waals surface area contributed by atoms with Crippen molar-refractivity contribution >= 4 is 5.78 Å². The van der Waals surface area contributed by atoms with Gasteiger partial charge in [-0.1, -0.05) is 30.3 Å². The SMILES string of the molecule is O=C(COCCCc1ccccc1)c1ccc(F)cc1F. The van der Waals surface area contributed by atoms with E-state index in [0.29, 0.717) is 12.7 Å². The van der Waals surface area contributed by atoms with Crippen LogP contribution in [0, 0.1) is 11.6 Å². The predicted molar refractivity (Wildman–Crippen MR) is 76.3 cm³/mol. The van der Waals surface area contributed by atoms with Crippen LogP contribution in [0.5, 0.6) is 0 Å². The van der Waals surface area contributed by atoms with E-state index >= 15 is 0 Å². The van der Waals surface area contributed by atoms with Crippen molar-refractivity contribution < 1.29 is 18.3 Å². The molecule has 2 aromatic carbocycles. The number of benzene rings is 2. The first-order valence-corrected chi connectivity index (χ1v) is 6.77. The predicted octanol–water partition coefficient (Wildman–Crippen LogP) is 3.80. The second-order valence-electron chi connectivity index (χ2n) is 4.69. The maximum Gasteiger partial charge on any atom is 0.191 e. The highest BCUT2D eigenvalue weighted by Crippen LogP contribution is 2.10. The topological polar surface area (TPSA) is 26.3 Å². The summed E-state index contributed by atoms with van der Waals surface area (Å²) in [6.45, 7) is 0.223. The normalized spacial score (nSPS) is 10.6. The van der Waals surface area contributed by atoms with Crippen molar-refractivity contribution in [1.82, 2.24) is 0 Å². The molecule has 0 aliphatic rings. The summed E-state index contributed by atoms with van der Waals surface area (Å²) in [6, 6.07) is 12.8. The third-order valence-corrected chi connectivity index (χ3v) is 3.06. The summed E-state index contributed by atoms with van der Waals surface area (Å²) in [4.78, 5) is 11.7. The van der Waals surface area contributed by atoms with Crippen molar-refractivity contribution in [2.24, 2.45) is 0 Å². The van der Waals surface area contributed by atoms with Gasteiger partial charge in [-0.25, -0.2) is 8.78 Å². The van der Waals surface area contributed by atoms with Gasteiger partial charge in [0.25, 0.3) is 0 Å². The molecule has 0 unspecified atom stereocenters. The molecule has 0 saturated heterocycles. The van der Waals surface area contributed by atoms with E-state index in [1.807, 2.05) is 30.3 Å². The summed E-state index contributed by atoms with van der Waals surface area (Å²) in [5, 5.41) is 0. The molecule has 0 saturated carbocycles. The van der Waals surface area contributed by atoms with Crippen LogP contribution in [-0.4, -0.2) is 19.0 Å². The van der Waals surface area contributed by atoms with Gasteiger partial charge in [0.2, 0.25) is 0 Å². The standard InChI is InChI=1S/C17H16F2O2/c18-14-8-9-15(16(19)11-14)17(20)12-21-10-4-7-13-5-2-1-3-6-13/h1-3,5-6,8-9,11H,4,7,10,12H2. The largest absolute Gasteiger partial charge is 0.373 e. The van der Waals surface area contributed by atoms with Crippen molar-refractivity contribution in [2.45, 2.75) is 12.8 Å². The minimum Gasteiger partial charge on any atom is -0.373 e. The van der Waals surface area contributed by atoms with Gasteiger partial charge in [-0.15, -0.1) is 0 Å². The maximum atomic E-state index is 13.4. The number of carbonyl (C=O) groups excluding carboxylic acids is 1. The Bertz CT molecular complexity index is 597. The summed E-state index contributed by atoms with van der Waals surface area (Å²) < 4.78 is 31.4. The number of Topliss-reactive ketones (excluding diaryl/α,β-unsaturated/α-hetero) is 1. The number of ether oxygens (including phenoxy) is 1. The van der Waals surface area contributed by atoms with E-state index in [0.717, 1.165) is 25.0 Å². The zero-order valence-corrected chi connectivity index (χ0v) is 11.5. The highest BCUT2D eigenvalue weighted by molar-refractivity contribution is 5.97. The Hall–Kier alpha value is -2.07. The zero-order chi connectivity index (χ0) is 15.1. The fraction of sp³-hybridized carbons (Fsp3) is 0.235. The number of rotatable bonds is 7. The van der Waals surface area contributed by atoms with Crippen molar-refractivity contribution in [3.63, 3.8) is 0 Å². The number of carbonyl (C=O) groups is 1. The summed E-state index contributed by atoms with van der Waals surface area (Å²) in [5.74, 6) is -2.03. The zero-order valence-electron chi connectivity index (χ0n) is 11.5. The lowest BCUT2D eigenvalue weighted by atomic mass is 10.1. The molecule has 0 amide bonds. The van der Waals surface area contributed by atoms with Crippen LogP contribution in [0.3, 0.4) is 0 Å². The second-order valence-corrected chi connectivity index (χ2v) is 4.69. The number of hydrogen-bond acceptors (Lipinski definition) is 2. The summed E-state index contributed by atoms with van der Waals surface area (Å²) in [5.41, 5.74) is 1.07. The molecule has 2 rings (SSSR count). The molecule has 0 aliphatic heterocycles. The highest BCUT2D eigenvalue weighted by atomic mass is 19.1. The van der Waals surface area contributed by atoms with Crippen LogP contribution in [0.15, 0.2) is 48.5 Å². The molecule has 0 aromatic heterocycles. The number of aryl methyl sites for hydroxylation is 1. The summed E-state index contributed by atoms with van der Waals surface area (Å²) in [6.07, 6.45) is 1.64. The van der Waals surface area contributed by atoms with Crippen molar-refractivity contribution in [3.8, 4) is 0 Å². The summed E-state index contributed by atoms with van der Waals surface area (Å²) in [7, 11) is 0. The third kappa shape index (κ3) is 4.76. The van der Waals surface area contributed by atoms with Crippen molar-refractivity contribution in [1.29, 1.82) is 0 Å². The molecular formula is C17H16F2O2. The number of hydrogen-bond donors (Lipinski definition) is 0. The van der Waals surface area contributed by atoms with Gasteiger partial charge in [-0.05, 0) is 30.5 Å². The van der Waals surface area contributed by atoms with Gasteiger partial charge < -0.3 is 4.74 Å². The molecule has 0 aliphatic carbocycles. The smallest absolute Gasteiger partial charge is 0.191 e. The maximum absolute atomic E-state index is 13.4. The number of ketones is 1. The van der Waals surface area contributed by atoms with Crippen LogP contribution in [0.2, 0.25) is 0 Å². The Morgan fingerprint density at radius 2 is 1.81 bits per heavy atom. The lowest BCUT2D eigenvalue weighted by molar-refractivity contribution is 0.0752. The first kappa shape index (κ1) is 15.3. The Kier molecular flexibility index (Phi) is 5.58. The molecule has 0 N–H and O–H groups in total. The molecule has 2 nitrogen and oxygen atoms in total. The second kappa shape index (κ2) is 7.64. The number of halogens is 2. The molecule has 0 atom stereocenters. The van der Waals surface area contributed by atoms with Gasteiger partial charge in [0.05, 0.1) is 5.56 Å². The summed E-state index contributed by atoms with van der Waals surface area (Å²) >= 11 is 0. The molecule has 0 bridgehead atoms. The molecule has 4 heteroatoms. The van der Waals surface area contributed by atoms with Gasteiger partial charge in [0.1, 0.15) is 18.2 Å². The fourth-order valence-corrected chi connectivity index (χ4v) is 1.98. The molecule has 0 spiro atoms. The first-order chi connectivity index (χ1) is 10.2.